The molecular weight excluding hydrogens is 290 g/mol. The second-order valence-corrected chi connectivity index (χ2v) is 6.27. The van der Waals surface area contributed by atoms with Crippen LogP contribution in [0.25, 0.3) is 5.00 Å². The van der Waals surface area contributed by atoms with Crippen LogP contribution in [0.1, 0.15) is 33.6 Å². The number of carbonyl (C=O) groups is 1. The fourth-order valence-electron chi connectivity index (χ4n) is 2.39. The van der Waals surface area contributed by atoms with Gasteiger partial charge in [-0.3, -0.25) is 4.79 Å². The first-order valence-corrected chi connectivity index (χ1v) is 7.71. The lowest BCUT2D eigenvalue weighted by molar-refractivity contribution is 0.0857. The predicted octanol–water partition coefficient (Wildman–Crippen LogP) is 1.25. The van der Waals surface area contributed by atoms with Crippen LogP contribution in [0.15, 0.2) is 6.33 Å². The van der Waals surface area contributed by atoms with Gasteiger partial charge < -0.3 is 10.1 Å². The van der Waals surface area contributed by atoms with Gasteiger partial charge in [-0.15, -0.1) is 16.4 Å². The Hall–Kier alpha value is -1.80. The Bertz CT molecular complexity index is 631. The van der Waals surface area contributed by atoms with Gasteiger partial charge in [-0.1, -0.05) is 0 Å². The van der Waals surface area contributed by atoms with E-state index in [0.717, 1.165) is 34.9 Å². The maximum absolute atomic E-state index is 12.5. The summed E-state index contributed by atoms with van der Waals surface area (Å²) in [5, 5.41) is 14.9. The lowest BCUT2D eigenvalue weighted by Crippen LogP contribution is -2.32. The summed E-state index contributed by atoms with van der Waals surface area (Å²) in [5.41, 5.74) is 1.61. The molecule has 3 rings (SSSR count). The van der Waals surface area contributed by atoms with E-state index in [4.69, 9.17) is 4.74 Å². The molecule has 1 amide bonds. The SMILES string of the molecule is Cc1sc(-n2cnnn2)c(C(=O)NCC2CCCO2)c1C. The summed E-state index contributed by atoms with van der Waals surface area (Å²) in [6.45, 7) is 5.26. The standard InChI is InChI=1S/C13H17N5O2S/c1-8-9(2)21-13(18-7-15-16-17-18)11(8)12(19)14-6-10-4-3-5-20-10/h7,10H,3-6H2,1-2H3,(H,14,19). The summed E-state index contributed by atoms with van der Waals surface area (Å²) in [5.74, 6) is -0.0992. The van der Waals surface area contributed by atoms with Crippen LogP contribution in [0.2, 0.25) is 0 Å². The largest absolute Gasteiger partial charge is 0.376 e. The van der Waals surface area contributed by atoms with E-state index in [1.165, 1.54) is 22.3 Å². The lowest BCUT2D eigenvalue weighted by Gasteiger charge is -2.11. The highest BCUT2D eigenvalue weighted by Crippen LogP contribution is 2.30. The Morgan fingerprint density at radius 1 is 1.57 bits per heavy atom. The molecule has 2 aromatic heterocycles. The Morgan fingerprint density at radius 3 is 3.10 bits per heavy atom. The summed E-state index contributed by atoms with van der Waals surface area (Å²) >= 11 is 1.51. The van der Waals surface area contributed by atoms with Crippen LogP contribution in [-0.2, 0) is 4.74 Å². The van der Waals surface area contributed by atoms with Gasteiger partial charge in [0.05, 0.1) is 11.7 Å². The maximum atomic E-state index is 12.5. The first-order chi connectivity index (χ1) is 10.2. The molecule has 0 radical (unpaired) electrons. The fraction of sp³-hybridized carbons (Fsp3) is 0.538. The maximum Gasteiger partial charge on any atom is 0.254 e. The molecular formula is C13H17N5O2S. The van der Waals surface area contributed by atoms with Crippen molar-refractivity contribution in [2.45, 2.75) is 32.8 Å². The van der Waals surface area contributed by atoms with Gasteiger partial charge in [0, 0.05) is 18.0 Å². The van der Waals surface area contributed by atoms with Crippen molar-refractivity contribution in [2.75, 3.05) is 13.2 Å². The molecule has 112 valence electrons. The summed E-state index contributed by atoms with van der Waals surface area (Å²) in [7, 11) is 0. The van der Waals surface area contributed by atoms with Crippen molar-refractivity contribution in [3.05, 3.63) is 22.3 Å². The Kier molecular flexibility index (Phi) is 3.98. The highest BCUT2D eigenvalue weighted by molar-refractivity contribution is 7.15. The minimum atomic E-state index is -0.0992. The molecule has 1 atom stereocenters. The van der Waals surface area contributed by atoms with E-state index in [0.29, 0.717) is 12.1 Å². The second kappa shape index (κ2) is 5.90. The molecule has 0 aromatic carbocycles. The molecule has 1 fully saturated rings. The van der Waals surface area contributed by atoms with E-state index in [2.05, 4.69) is 20.8 Å². The Morgan fingerprint density at radius 2 is 2.43 bits per heavy atom. The van der Waals surface area contributed by atoms with Crippen LogP contribution >= 0.6 is 11.3 Å². The number of aromatic nitrogens is 4. The number of ether oxygens (including phenoxy) is 1. The predicted molar refractivity (Wildman–Crippen MR) is 77.8 cm³/mol. The number of tetrazole rings is 1. The molecule has 2 aromatic rings. The second-order valence-electron chi connectivity index (χ2n) is 5.06. The summed E-state index contributed by atoms with van der Waals surface area (Å²) in [6.07, 6.45) is 3.70. The van der Waals surface area contributed by atoms with E-state index in [1.54, 1.807) is 0 Å². The van der Waals surface area contributed by atoms with Crippen LogP contribution in [0.5, 0.6) is 0 Å². The molecule has 21 heavy (non-hydrogen) atoms. The molecule has 1 unspecified atom stereocenters. The topological polar surface area (TPSA) is 81.9 Å². The number of thiophene rings is 1. The zero-order valence-corrected chi connectivity index (χ0v) is 12.8. The van der Waals surface area contributed by atoms with E-state index in [9.17, 15) is 4.79 Å². The third-order valence-electron chi connectivity index (χ3n) is 3.67. The zero-order valence-electron chi connectivity index (χ0n) is 12.0. The smallest absolute Gasteiger partial charge is 0.254 e. The number of carbonyl (C=O) groups excluding carboxylic acids is 1. The van der Waals surface area contributed by atoms with E-state index >= 15 is 0 Å². The molecule has 8 heteroatoms. The summed E-state index contributed by atoms with van der Waals surface area (Å²) < 4.78 is 7.06. The van der Waals surface area contributed by atoms with Crippen molar-refractivity contribution in [1.29, 1.82) is 0 Å². The number of aryl methyl sites for hydroxylation is 1. The monoisotopic (exact) mass is 307 g/mol. The third kappa shape index (κ3) is 2.81. The van der Waals surface area contributed by atoms with Crippen molar-refractivity contribution in [1.82, 2.24) is 25.5 Å². The van der Waals surface area contributed by atoms with Crippen LogP contribution in [0.4, 0.5) is 0 Å². The summed E-state index contributed by atoms with van der Waals surface area (Å²) in [4.78, 5) is 13.6. The number of hydrogen-bond donors (Lipinski definition) is 1. The van der Waals surface area contributed by atoms with Gasteiger partial charge in [0.15, 0.2) is 0 Å². The molecule has 3 heterocycles. The van der Waals surface area contributed by atoms with Gasteiger partial charge >= 0.3 is 0 Å². The van der Waals surface area contributed by atoms with E-state index < -0.39 is 0 Å². The fourth-order valence-corrected chi connectivity index (χ4v) is 3.46. The van der Waals surface area contributed by atoms with Crippen LogP contribution in [-0.4, -0.2) is 45.4 Å². The number of hydrogen-bond acceptors (Lipinski definition) is 6. The van der Waals surface area contributed by atoms with Gasteiger partial charge in [-0.25, -0.2) is 0 Å². The third-order valence-corrected chi connectivity index (χ3v) is 4.86. The molecule has 0 spiro atoms. The minimum Gasteiger partial charge on any atom is -0.376 e. The normalized spacial score (nSPS) is 18.1. The van der Waals surface area contributed by atoms with Gasteiger partial charge in [-0.2, -0.15) is 4.68 Å². The lowest BCUT2D eigenvalue weighted by atomic mass is 10.1. The number of rotatable bonds is 4. The van der Waals surface area contributed by atoms with Crippen LogP contribution < -0.4 is 5.32 Å². The quantitative estimate of drug-likeness (QED) is 0.919. The molecule has 1 N–H and O–H groups in total. The number of nitrogens with zero attached hydrogens (tertiary/aromatic N) is 4. The minimum absolute atomic E-state index is 0.0992. The van der Waals surface area contributed by atoms with E-state index in [1.807, 2.05) is 13.8 Å². The molecule has 1 aliphatic rings. The zero-order chi connectivity index (χ0) is 14.8. The average Bonchev–Trinajstić information content (AvgIpc) is 3.19. The van der Waals surface area contributed by atoms with Gasteiger partial charge in [0.2, 0.25) is 0 Å². The average molecular weight is 307 g/mol. The number of amides is 1. The molecule has 0 saturated carbocycles. The van der Waals surface area contributed by atoms with Crippen molar-refractivity contribution in [3.63, 3.8) is 0 Å². The molecule has 0 aliphatic carbocycles. The molecule has 1 saturated heterocycles. The van der Waals surface area contributed by atoms with Crippen molar-refractivity contribution in [2.24, 2.45) is 0 Å². The van der Waals surface area contributed by atoms with Gasteiger partial charge in [0.1, 0.15) is 11.3 Å². The first kappa shape index (κ1) is 14.2. The highest BCUT2D eigenvalue weighted by atomic mass is 32.1. The van der Waals surface area contributed by atoms with Gasteiger partial charge in [-0.05, 0) is 42.7 Å². The summed E-state index contributed by atoms with van der Waals surface area (Å²) in [6, 6.07) is 0. The van der Waals surface area contributed by atoms with E-state index in [-0.39, 0.29) is 12.0 Å². The Balaban J connectivity index is 1.81. The Labute approximate surface area is 126 Å². The van der Waals surface area contributed by atoms with Crippen LogP contribution in [0, 0.1) is 13.8 Å². The van der Waals surface area contributed by atoms with Gasteiger partial charge in [0.25, 0.3) is 5.91 Å². The van der Waals surface area contributed by atoms with Crippen molar-refractivity contribution < 1.29 is 9.53 Å². The molecule has 1 aliphatic heterocycles. The first-order valence-electron chi connectivity index (χ1n) is 6.90. The highest BCUT2D eigenvalue weighted by Gasteiger charge is 2.23. The van der Waals surface area contributed by atoms with Crippen molar-refractivity contribution in [3.8, 4) is 5.00 Å². The molecule has 7 nitrogen and oxygen atoms in total. The number of nitrogens with one attached hydrogen (secondary N) is 1. The van der Waals surface area contributed by atoms with Crippen LogP contribution in [0.3, 0.4) is 0 Å². The molecule has 0 bridgehead atoms. The van der Waals surface area contributed by atoms with Crippen molar-refractivity contribution >= 4 is 17.2 Å².